The lowest BCUT2D eigenvalue weighted by molar-refractivity contribution is -0.132. The maximum atomic E-state index is 12.6. The smallest absolute Gasteiger partial charge is 0.259 e. The van der Waals surface area contributed by atoms with Gasteiger partial charge in [-0.1, -0.05) is 6.92 Å². The molecular weight excluding hydrogens is 373 g/mol. The van der Waals surface area contributed by atoms with Crippen LogP contribution in [0.25, 0.3) is 0 Å². The molecule has 0 N–H and O–H groups in total. The van der Waals surface area contributed by atoms with E-state index in [1.807, 2.05) is 4.90 Å². The van der Waals surface area contributed by atoms with E-state index in [0.717, 1.165) is 19.3 Å². The van der Waals surface area contributed by atoms with Gasteiger partial charge < -0.3 is 13.9 Å². The third-order valence-electron chi connectivity index (χ3n) is 4.78. The highest BCUT2D eigenvalue weighted by Crippen LogP contribution is 2.48. The lowest BCUT2D eigenvalue weighted by Crippen LogP contribution is -2.36. The zero-order valence-electron chi connectivity index (χ0n) is 18.1. The first kappa shape index (κ1) is 24.9. The van der Waals surface area contributed by atoms with Crippen molar-refractivity contribution < 1.29 is 13.8 Å². The largest absolute Gasteiger partial charge is 0.337 e. The van der Waals surface area contributed by atoms with Crippen LogP contribution in [0.3, 0.4) is 0 Å². The monoisotopic (exact) mass is 409 g/mol. The highest BCUT2D eigenvalue weighted by molar-refractivity contribution is 7.44. The van der Waals surface area contributed by atoms with E-state index < -0.39 is 8.53 Å². The van der Waals surface area contributed by atoms with Crippen LogP contribution in [0.4, 0.5) is 0 Å². The Labute approximate surface area is 172 Å². The second-order valence-corrected chi connectivity index (χ2v) is 9.08. The summed E-state index contributed by atoms with van der Waals surface area (Å²) < 4.78 is 14.6. The second kappa shape index (κ2) is 13.1. The molecule has 0 aromatic heterocycles. The molecule has 6 nitrogen and oxygen atoms in total. The topological polar surface area (TPSA) is 65.8 Å². The zero-order valence-corrected chi connectivity index (χ0v) is 19.0. The van der Waals surface area contributed by atoms with Gasteiger partial charge in [0.2, 0.25) is 5.91 Å². The van der Waals surface area contributed by atoms with Gasteiger partial charge in [-0.05, 0) is 47.0 Å². The van der Waals surface area contributed by atoms with Crippen molar-refractivity contribution in [2.75, 3.05) is 13.2 Å². The molecule has 1 aliphatic heterocycles. The molecule has 1 saturated heterocycles. The number of carbonyl (C=O) groups excluding carboxylic acids is 1. The van der Waals surface area contributed by atoms with Crippen molar-refractivity contribution in [3.05, 3.63) is 0 Å². The zero-order chi connectivity index (χ0) is 21.1. The lowest BCUT2D eigenvalue weighted by Gasteiger charge is -2.36. The molecule has 0 aromatic rings. The van der Waals surface area contributed by atoms with Crippen molar-refractivity contribution in [1.82, 2.24) is 9.57 Å². The van der Waals surface area contributed by atoms with E-state index in [0.29, 0.717) is 32.4 Å². The molecule has 0 bridgehead atoms. The number of nitriles is 1. The fraction of sp³-hybridized carbons (Fsp3) is 0.810. The Morgan fingerprint density at radius 1 is 1.32 bits per heavy atom. The number of carbonyl (C=O) groups is 1. The summed E-state index contributed by atoms with van der Waals surface area (Å²) in [6.45, 7) is 11.5. The van der Waals surface area contributed by atoms with Gasteiger partial charge in [-0.2, -0.15) is 5.26 Å². The lowest BCUT2D eigenvalue weighted by atomic mass is 10.1. The molecule has 3 unspecified atom stereocenters. The number of nitrogens with zero attached hydrogens (tertiary/aromatic N) is 3. The summed E-state index contributed by atoms with van der Waals surface area (Å²) in [5.74, 6) is 2.75. The van der Waals surface area contributed by atoms with Crippen LogP contribution in [-0.2, 0) is 13.8 Å². The average Bonchev–Trinajstić information content (AvgIpc) is 3.04. The highest BCUT2D eigenvalue weighted by Gasteiger charge is 2.38. The molecule has 0 radical (unpaired) electrons. The Morgan fingerprint density at radius 3 is 2.54 bits per heavy atom. The summed E-state index contributed by atoms with van der Waals surface area (Å²) in [5, 5.41) is 8.84. The number of amides is 1. The van der Waals surface area contributed by atoms with Crippen LogP contribution in [-0.4, -0.2) is 52.9 Å². The molecule has 0 saturated carbocycles. The molecule has 7 heteroatoms. The van der Waals surface area contributed by atoms with Gasteiger partial charge in [-0.15, -0.1) is 12.3 Å². The van der Waals surface area contributed by atoms with Crippen LogP contribution >= 0.6 is 8.53 Å². The maximum absolute atomic E-state index is 12.6. The van der Waals surface area contributed by atoms with Crippen LogP contribution < -0.4 is 0 Å². The molecular formula is C21H36N3O3P. The van der Waals surface area contributed by atoms with Gasteiger partial charge in [0.15, 0.2) is 0 Å². The van der Waals surface area contributed by atoms with Crippen molar-refractivity contribution in [1.29, 1.82) is 5.26 Å². The highest BCUT2D eigenvalue weighted by atomic mass is 31.2. The minimum atomic E-state index is -1.28. The fourth-order valence-electron chi connectivity index (χ4n) is 3.55. The standard InChI is InChI=1S/C21H36N3O3P/c1-7-9-10-12-21(25)23-16-20(15-19(23)8-2)27-28(26-14-11-13-22)24(17(3)4)18(5)6/h1,17-20H,8-12,14-16H2,2-6H3. The Balaban J connectivity index is 2.80. The maximum Gasteiger partial charge on any atom is 0.259 e. The molecule has 1 heterocycles. The first-order valence-electron chi connectivity index (χ1n) is 10.3. The van der Waals surface area contributed by atoms with Gasteiger partial charge in [0.1, 0.15) is 0 Å². The number of likely N-dealkylation sites (tertiary alicyclic amines) is 1. The Bertz CT molecular complexity index is 548. The van der Waals surface area contributed by atoms with Crippen molar-refractivity contribution in [3.8, 4) is 18.4 Å². The third kappa shape index (κ3) is 7.69. The molecule has 158 valence electrons. The molecule has 1 rings (SSSR count). The Hall–Kier alpha value is -1.17. The van der Waals surface area contributed by atoms with E-state index in [1.54, 1.807) is 0 Å². The normalized spacial score (nSPS) is 20.6. The number of unbranched alkanes of at least 4 members (excludes halogenated alkanes) is 1. The van der Waals surface area contributed by atoms with Crippen LogP contribution in [0.15, 0.2) is 0 Å². The molecule has 0 aliphatic carbocycles. The Morgan fingerprint density at radius 2 is 2.00 bits per heavy atom. The summed E-state index contributed by atoms with van der Waals surface area (Å²) >= 11 is 0. The fourth-order valence-corrected chi connectivity index (χ4v) is 5.26. The second-order valence-electron chi connectivity index (χ2n) is 7.68. The predicted octanol–water partition coefficient (Wildman–Crippen LogP) is 4.46. The predicted molar refractivity (Wildman–Crippen MR) is 113 cm³/mol. The summed E-state index contributed by atoms with van der Waals surface area (Å²) in [4.78, 5) is 14.6. The van der Waals surface area contributed by atoms with E-state index >= 15 is 0 Å². The number of rotatable bonds is 12. The van der Waals surface area contributed by atoms with Crippen LogP contribution in [0, 0.1) is 23.7 Å². The SMILES string of the molecule is C#CCCCC(=O)N1CC(OP(OCCC#N)N(C(C)C)C(C)C)CC1CC. The van der Waals surface area contributed by atoms with E-state index in [4.69, 9.17) is 20.7 Å². The number of hydrogen-bond donors (Lipinski definition) is 0. The van der Waals surface area contributed by atoms with E-state index in [1.165, 1.54) is 0 Å². The molecule has 0 spiro atoms. The van der Waals surface area contributed by atoms with Gasteiger partial charge in [0.25, 0.3) is 8.53 Å². The van der Waals surface area contributed by atoms with Crippen LogP contribution in [0.5, 0.6) is 0 Å². The van der Waals surface area contributed by atoms with Gasteiger partial charge in [-0.3, -0.25) is 4.79 Å². The molecule has 3 atom stereocenters. The first-order chi connectivity index (χ1) is 13.3. The van der Waals surface area contributed by atoms with Crippen molar-refractivity contribution >= 4 is 14.4 Å². The number of terminal acetylenes is 1. The van der Waals surface area contributed by atoms with E-state index in [2.05, 4.69) is 51.3 Å². The Kier molecular flexibility index (Phi) is 11.7. The van der Waals surface area contributed by atoms with Crippen molar-refractivity contribution in [2.45, 2.75) is 97.4 Å². The first-order valence-corrected chi connectivity index (χ1v) is 11.5. The van der Waals surface area contributed by atoms with Gasteiger partial charge in [0, 0.05) is 37.5 Å². The minimum absolute atomic E-state index is 0.0465. The molecule has 1 amide bonds. The van der Waals surface area contributed by atoms with Crippen molar-refractivity contribution in [2.24, 2.45) is 0 Å². The molecule has 0 aromatic carbocycles. The molecule has 1 fully saturated rings. The van der Waals surface area contributed by atoms with Gasteiger partial charge in [-0.25, -0.2) is 4.67 Å². The quantitative estimate of drug-likeness (QED) is 0.270. The van der Waals surface area contributed by atoms with Crippen molar-refractivity contribution in [3.63, 3.8) is 0 Å². The van der Waals surface area contributed by atoms with Gasteiger partial charge in [0.05, 0.1) is 25.2 Å². The summed E-state index contributed by atoms with van der Waals surface area (Å²) in [6.07, 6.45) is 9.17. The summed E-state index contributed by atoms with van der Waals surface area (Å²) in [7, 11) is -1.28. The molecule has 28 heavy (non-hydrogen) atoms. The number of hydrogen-bond acceptors (Lipinski definition) is 5. The minimum Gasteiger partial charge on any atom is -0.337 e. The van der Waals surface area contributed by atoms with Gasteiger partial charge >= 0.3 is 0 Å². The summed E-state index contributed by atoms with van der Waals surface area (Å²) in [5.41, 5.74) is 0. The van der Waals surface area contributed by atoms with E-state index in [9.17, 15) is 4.79 Å². The average molecular weight is 410 g/mol. The summed E-state index contributed by atoms with van der Waals surface area (Å²) in [6, 6.07) is 2.85. The third-order valence-corrected chi connectivity index (χ3v) is 6.96. The van der Waals surface area contributed by atoms with Crippen LogP contribution in [0.2, 0.25) is 0 Å². The van der Waals surface area contributed by atoms with E-state index in [-0.39, 0.29) is 30.1 Å². The van der Waals surface area contributed by atoms with Crippen LogP contribution in [0.1, 0.15) is 73.1 Å². The molecule has 1 aliphatic rings.